The lowest BCUT2D eigenvalue weighted by molar-refractivity contribution is 0.276. The first-order valence-electron chi connectivity index (χ1n) is 7.06. The van der Waals surface area contributed by atoms with Gasteiger partial charge in [-0.1, -0.05) is 5.16 Å². The van der Waals surface area contributed by atoms with Gasteiger partial charge in [0.15, 0.2) is 5.82 Å². The number of hydrogen-bond acceptors (Lipinski definition) is 7. The molecule has 2 aromatic heterocycles. The van der Waals surface area contributed by atoms with Crippen LogP contribution in [0.2, 0.25) is 0 Å². The van der Waals surface area contributed by atoms with Crippen molar-refractivity contribution in [3.8, 4) is 0 Å². The van der Waals surface area contributed by atoms with Crippen molar-refractivity contribution in [2.24, 2.45) is 5.73 Å². The van der Waals surface area contributed by atoms with Crippen LogP contribution in [0.3, 0.4) is 0 Å². The van der Waals surface area contributed by atoms with Crippen LogP contribution in [0, 0.1) is 13.8 Å². The van der Waals surface area contributed by atoms with Gasteiger partial charge in [0.25, 0.3) is 0 Å². The van der Waals surface area contributed by atoms with Crippen LogP contribution in [0.15, 0.2) is 10.6 Å². The number of hydrogen-bond donors (Lipinski definition) is 1. The average molecular weight is 288 g/mol. The molecule has 21 heavy (non-hydrogen) atoms. The van der Waals surface area contributed by atoms with E-state index in [0.717, 1.165) is 36.7 Å². The minimum Gasteiger partial charge on any atom is -0.337 e. The molecule has 1 unspecified atom stereocenters. The lowest BCUT2D eigenvalue weighted by Gasteiger charge is -2.18. The highest BCUT2D eigenvalue weighted by molar-refractivity contribution is 5.15. The van der Waals surface area contributed by atoms with Gasteiger partial charge in [0, 0.05) is 18.8 Å². The van der Waals surface area contributed by atoms with Gasteiger partial charge >= 0.3 is 0 Å². The van der Waals surface area contributed by atoms with Gasteiger partial charge in [0.1, 0.15) is 11.4 Å². The molecule has 2 aromatic rings. The summed E-state index contributed by atoms with van der Waals surface area (Å²) in [5, 5.41) is 4.04. The van der Waals surface area contributed by atoms with E-state index in [9.17, 15) is 0 Å². The van der Waals surface area contributed by atoms with Gasteiger partial charge in [-0.25, -0.2) is 9.97 Å². The third kappa shape index (κ3) is 2.93. The Morgan fingerprint density at radius 2 is 2.14 bits per heavy atom. The number of likely N-dealkylation sites (N-methyl/N-ethyl adjacent to an activating group) is 1. The molecule has 0 bridgehead atoms. The Hall–Kier alpha value is -1.86. The normalized spacial score (nSPS) is 22.9. The van der Waals surface area contributed by atoms with Crippen LogP contribution >= 0.6 is 0 Å². The minimum absolute atomic E-state index is 0.518. The lowest BCUT2D eigenvalue weighted by atomic mass is 10.0. The summed E-state index contributed by atoms with van der Waals surface area (Å²) in [6, 6.07) is 1.94. The van der Waals surface area contributed by atoms with Gasteiger partial charge in [-0.05, 0) is 33.4 Å². The van der Waals surface area contributed by atoms with E-state index in [1.165, 1.54) is 0 Å². The van der Waals surface area contributed by atoms with E-state index in [4.69, 9.17) is 10.3 Å². The SMILES string of the molecule is Cc1cc(Cc2noc(C3(N)CCN(C)C3)n2)nc(C)n1. The van der Waals surface area contributed by atoms with Crippen molar-refractivity contribution < 1.29 is 4.52 Å². The lowest BCUT2D eigenvalue weighted by Crippen LogP contribution is -2.39. The number of nitrogens with zero attached hydrogens (tertiary/aromatic N) is 5. The first-order valence-corrected chi connectivity index (χ1v) is 7.06. The number of rotatable bonds is 3. The van der Waals surface area contributed by atoms with Crippen LogP contribution in [0.1, 0.15) is 35.3 Å². The predicted octanol–water partition coefficient (Wildman–Crippen LogP) is 0.557. The quantitative estimate of drug-likeness (QED) is 0.881. The average Bonchev–Trinajstić information content (AvgIpc) is 2.96. The smallest absolute Gasteiger partial charge is 0.248 e. The number of nitrogens with two attached hydrogens (primary N) is 1. The molecule has 0 aromatic carbocycles. The second-order valence-electron chi connectivity index (χ2n) is 5.88. The molecule has 3 heterocycles. The number of aromatic nitrogens is 4. The molecule has 2 N–H and O–H groups in total. The molecule has 0 spiro atoms. The molecule has 0 amide bonds. The monoisotopic (exact) mass is 288 g/mol. The highest BCUT2D eigenvalue weighted by Crippen LogP contribution is 2.27. The number of aryl methyl sites for hydroxylation is 2. The second-order valence-corrected chi connectivity index (χ2v) is 5.88. The Morgan fingerprint density at radius 3 is 2.81 bits per heavy atom. The van der Waals surface area contributed by atoms with Crippen molar-refractivity contribution in [1.29, 1.82) is 0 Å². The summed E-state index contributed by atoms with van der Waals surface area (Å²) in [6.07, 6.45) is 1.36. The van der Waals surface area contributed by atoms with E-state index in [1.54, 1.807) is 0 Å². The fourth-order valence-electron chi connectivity index (χ4n) is 2.78. The summed E-state index contributed by atoms with van der Waals surface area (Å²) in [5.74, 6) is 1.88. The second kappa shape index (κ2) is 5.16. The summed E-state index contributed by atoms with van der Waals surface area (Å²) >= 11 is 0. The van der Waals surface area contributed by atoms with Gasteiger partial charge < -0.3 is 15.2 Å². The topological polar surface area (TPSA) is 94.0 Å². The molecule has 7 heteroatoms. The Morgan fingerprint density at radius 1 is 1.33 bits per heavy atom. The standard InChI is InChI=1S/C14H20N6O/c1-9-6-11(17-10(2)16-9)7-12-18-13(21-19-12)14(15)4-5-20(3)8-14/h6H,4-5,7-8,15H2,1-3H3. The Balaban J connectivity index is 1.79. The van der Waals surface area contributed by atoms with Gasteiger partial charge in [-0.2, -0.15) is 4.98 Å². The molecular weight excluding hydrogens is 268 g/mol. The van der Waals surface area contributed by atoms with Crippen LogP contribution in [0.5, 0.6) is 0 Å². The molecule has 7 nitrogen and oxygen atoms in total. The fourth-order valence-corrected chi connectivity index (χ4v) is 2.78. The summed E-state index contributed by atoms with van der Waals surface area (Å²) in [5.41, 5.74) is 7.66. The van der Waals surface area contributed by atoms with Crippen LogP contribution in [0.4, 0.5) is 0 Å². The fraction of sp³-hybridized carbons (Fsp3) is 0.571. The summed E-state index contributed by atoms with van der Waals surface area (Å²) in [4.78, 5) is 15.3. The van der Waals surface area contributed by atoms with Crippen LogP contribution in [0.25, 0.3) is 0 Å². The summed E-state index contributed by atoms with van der Waals surface area (Å²) < 4.78 is 5.38. The maximum Gasteiger partial charge on any atom is 0.248 e. The van der Waals surface area contributed by atoms with Gasteiger partial charge in [0.2, 0.25) is 5.89 Å². The molecule has 0 radical (unpaired) electrons. The Bertz CT molecular complexity index is 634. The minimum atomic E-state index is -0.530. The van der Waals surface area contributed by atoms with E-state index in [2.05, 4.69) is 25.0 Å². The Kier molecular flexibility index (Phi) is 3.46. The molecule has 1 saturated heterocycles. The molecule has 3 rings (SSSR count). The molecule has 1 aliphatic heterocycles. The van der Waals surface area contributed by atoms with Crippen molar-refractivity contribution in [3.63, 3.8) is 0 Å². The maximum atomic E-state index is 6.36. The molecular formula is C14H20N6O. The zero-order valence-electron chi connectivity index (χ0n) is 12.6. The van der Waals surface area contributed by atoms with E-state index < -0.39 is 5.54 Å². The molecule has 112 valence electrons. The highest BCUT2D eigenvalue weighted by Gasteiger charge is 2.39. The summed E-state index contributed by atoms with van der Waals surface area (Å²) in [7, 11) is 2.04. The first kappa shape index (κ1) is 14.1. The first-order chi connectivity index (χ1) is 9.94. The van der Waals surface area contributed by atoms with Crippen molar-refractivity contribution >= 4 is 0 Å². The molecule has 0 saturated carbocycles. The van der Waals surface area contributed by atoms with E-state index in [-0.39, 0.29) is 0 Å². The third-order valence-corrected chi connectivity index (χ3v) is 3.74. The molecule has 0 aliphatic carbocycles. The molecule has 1 aliphatic rings. The van der Waals surface area contributed by atoms with Crippen molar-refractivity contribution in [2.45, 2.75) is 32.2 Å². The van der Waals surface area contributed by atoms with E-state index in [0.29, 0.717) is 18.1 Å². The van der Waals surface area contributed by atoms with Crippen LogP contribution in [-0.2, 0) is 12.0 Å². The molecule has 1 fully saturated rings. The van der Waals surface area contributed by atoms with E-state index >= 15 is 0 Å². The van der Waals surface area contributed by atoms with Gasteiger partial charge in [-0.3, -0.25) is 0 Å². The predicted molar refractivity (Wildman–Crippen MR) is 76.6 cm³/mol. The zero-order valence-corrected chi connectivity index (χ0v) is 12.6. The zero-order chi connectivity index (χ0) is 15.0. The van der Waals surface area contributed by atoms with Crippen LogP contribution < -0.4 is 5.73 Å². The maximum absolute atomic E-state index is 6.36. The van der Waals surface area contributed by atoms with Crippen molar-refractivity contribution in [3.05, 3.63) is 35.0 Å². The third-order valence-electron chi connectivity index (χ3n) is 3.74. The largest absolute Gasteiger partial charge is 0.337 e. The van der Waals surface area contributed by atoms with Gasteiger partial charge in [0.05, 0.1) is 12.1 Å². The van der Waals surface area contributed by atoms with Crippen LogP contribution in [-0.4, -0.2) is 45.1 Å². The Labute approximate surface area is 123 Å². The summed E-state index contributed by atoms with van der Waals surface area (Å²) in [6.45, 7) is 5.50. The van der Waals surface area contributed by atoms with Crippen molar-refractivity contribution in [2.75, 3.05) is 20.1 Å². The van der Waals surface area contributed by atoms with E-state index in [1.807, 2.05) is 27.0 Å². The number of likely N-dealkylation sites (tertiary alicyclic amines) is 1. The molecule has 1 atom stereocenters. The van der Waals surface area contributed by atoms with Crippen molar-refractivity contribution in [1.82, 2.24) is 25.0 Å². The highest BCUT2D eigenvalue weighted by atomic mass is 16.5. The van der Waals surface area contributed by atoms with Gasteiger partial charge in [-0.15, -0.1) is 0 Å².